The molecule has 0 saturated carbocycles. The molecule has 0 heterocycles. The lowest BCUT2D eigenvalue weighted by Crippen LogP contribution is -1.77. The highest BCUT2D eigenvalue weighted by molar-refractivity contribution is 7.97. The van der Waals surface area contributed by atoms with Crippen LogP contribution in [0.15, 0.2) is 71.4 Å². The van der Waals surface area contributed by atoms with Crippen LogP contribution in [0.2, 0.25) is 0 Å². The molecule has 0 unspecified atom stereocenters. The first kappa shape index (κ1) is 17.6. The van der Waals surface area contributed by atoms with Crippen molar-refractivity contribution >= 4 is 12.0 Å². The minimum atomic E-state index is 0.761. The van der Waals surface area contributed by atoms with Gasteiger partial charge >= 0.3 is 0 Å². The standard InChI is InChI=1S/C17H24OS/c1-6-10-16(5)11-8-9-14-19-18-17(7-2)13-12-15(3)4/h6-7,9-14H,2,8H2,1,3-5H3/b10-6-,14-9+,16-11-,17-13+. The van der Waals surface area contributed by atoms with Gasteiger partial charge in [0.15, 0.2) is 0 Å². The Hall–Kier alpha value is -1.41. The van der Waals surface area contributed by atoms with Crippen LogP contribution in [-0.2, 0) is 4.18 Å². The summed E-state index contributed by atoms with van der Waals surface area (Å²) in [6, 6.07) is 0. The largest absolute Gasteiger partial charge is 0.421 e. The van der Waals surface area contributed by atoms with Crippen molar-refractivity contribution in [2.75, 3.05) is 0 Å². The van der Waals surface area contributed by atoms with Gasteiger partial charge in [-0.15, -0.1) is 0 Å². The molecule has 1 nitrogen and oxygen atoms in total. The van der Waals surface area contributed by atoms with Gasteiger partial charge in [-0.2, -0.15) is 0 Å². The summed E-state index contributed by atoms with van der Waals surface area (Å²) < 4.78 is 5.49. The summed E-state index contributed by atoms with van der Waals surface area (Å²) in [6.45, 7) is 11.9. The molecule has 104 valence electrons. The van der Waals surface area contributed by atoms with Crippen LogP contribution in [0.25, 0.3) is 0 Å². The van der Waals surface area contributed by atoms with E-state index in [1.165, 1.54) is 23.2 Å². The molecule has 0 amide bonds. The van der Waals surface area contributed by atoms with Gasteiger partial charge in [-0.3, -0.25) is 0 Å². The Balaban J connectivity index is 4.08. The molecule has 0 radical (unpaired) electrons. The third kappa shape index (κ3) is 11.4. The molecule has 0 N–H and O–H groups in total. The van der Waals surface area contributed by atoms with E-state index in [0.717, 1.165) is 12.2 Å². The van der Waals surface area contributed by atoms with E-state index >= 15 is 0 Å². The summed E-state index contributed by atoms with van der Waals surface area (Å²) in [6.07, 6.45) is 14.9. The SMILES string of the molecule is C=C/C(=C\C=C(C)C)OS/C=C/C/C=C(C)\C=C/C. The Kier molecular flexibility index (Phi) is 10.8. The van der Waals surface area contributed by atoms with Crippen molar-refractivity contribution in [3.8, 4) is 0 Å². The predicted octanol–water partition coefficient (Wildman–Crippen LogP) is 6.11. The summed E-state index contributed by atoms with van der Waals surface area (Å²) in [4.78, 5) is 0. The highest BCUT2D eigenvalue weighted by Crippen LogP contribution is 2.14. The summed E-state index contributed by atoms with van der Waals surface area (Å²) in [5.41, 5.74) is 2.50. The molecule has 0 aliphatic heterocycles. The van der Waals surface area contributed by atoms with Gasteiger partial charge in [0.1, 0.15) is 5.76 Å². The minimum absolute atomic E-state index is 0.761. The lowest BCUT2D eigenvalue weighted by molar-refractivity contribution is 0.527. The Bertz CT molecular complexity index is 405. The van der Waals surface area contributed by atoms with Crippen molar-refractivity contribution in [1.82, 2.24) is 0 Å². The topological polar surface area (TPSA) is 9.23 Å². The maximum absolute atomic E-state index is 5.49. The first-order valence-electron chi connectivity index (χ1n) is 6.35. The highest BCUT2D eigenvalue weighted by atomic mass is 32.2. The zero-order valence-corrected chi connectivity index (χ0v) is 13.2. The molecule has 0 aromatic heterocycles. The van der Waals surface area contributed by atoms with Gasteiger partial charge in [0.2, 0.25) is 0 Å². The second kappa shape index (κ2) is 11.7. The average Bonchev–Trinajstić information content (AvgIpc) is 2.37. The Morgan fingerprint density at radius 2 is 1.95 bits per heavy atom. The zero-order valence-electron chi connectivity index (χ0n) is 12.3. The van der Waals surface area contributed by atoms with Crippen molar-refractivity contribution in [2.24, 2.45) is 0 Å². The number of rotatable bonds is 8. The lowest BCUT2D eigenvalue weighted by atomic mass is 10.2. The van der Waals surface area contributed by atoms with Gasteiger partial charge in [-0.05, 0) is 46.3 Å². The normalized spacial score (nSPS) is 13.1. The molecular formula is C17H24OS. The molecule has 0 aromatic carbocycles. The van der Waals surface area contributed by atoms with Gasteiger partial charge in [-0.1, -0.05) is 48.1 Å². The van der Waals surface area contributed by atoms with Crippen molar-refractivity contribution in [3.05, 3.63) is 71.4 Å². The number of hydrogen-bond donors (Lipinski definition) is 0. The van der Waals surface area contributed by atoms with E-state index in [1.807, 2.05) is 44.4 Å². The Morgan fingerprint density at radius 3 is 2.53 bits per heavy atom. The average molecular weight is 276 g/mol. The molecule has 0 spiro atoms. The number of allylic oxidation sites excluding steroid dienone is 9. The van der Waals surface area contributed by atoms with Crippen LogP contribution in [0.1, 0.15) is 34.1 Å². The highest BCUT2D eigenvalue weighted by Gasteiger charge is 1.89. The van der Waals surface area contributed by atoms with Crippen LogP contribution < -0.4 is 0 Å². The van der Waals surface area contributed by atoms with Gasteiger partial charge in [0.25, 0.3) is 0 Å². The van der Waals surface area contributed by atoms with Crippen LogP contribution in [0.5, 0.6) is 0 Å². The second-order valence-electron chi connectivity index (χ2n) is 4.25. The minimum Gasteiger partial charge on any atom is -0.421 e. The number of hydrogen-bond acceptors (Lipinski definition) is 2. The summed E-state index contributed by atoms with van der Waals surface area (Å²) >= 11 is 1.31. The fraction of sp³-hybridized carbons (Fsp3) is 0.294. The van der Waals surface area contributed by atoms with Crippen molar-refractivity contribution in [2.45, 2.75) is 34.1 Å². The van der Waals surface area contributed by atoms with Crippen LogP contribution in [0.3, 0.4) is 0 Å². The fourth-order valence-corrected chi connectivity index (χ4v) is 1.62. The van der Waals surface area contributed by atoms with Crippen LogP contribution in [-0.4, -0.2) is 0 Å². The molecule has 0 fully saturated rings. The molecule has 0 aliphatic rings. The molecule has 0 aliphatic carbocycles. The Labute approximate surface area is 122 Å². The van der Waals surface area contributed by atoms with Crippen molar-refractivity contribution in [1.29, 1.82) is 0 Å². The van der Waals surface area contributed by atoms with Crippen LogP contribution in [0, 0.1) is 0 Å². The molecule has 0 bridgehead atoms. The molecule has 19 heavy (non-hydrogen) atoms. The summed E-state index contributed by atoms with van der Waals surface area (Å²) in [5, 5.41) is 1.94. The quantitative estimate of drug-likeness (QED) is 0.300. The summed E-state index contributed by atoms with van der Waals surface area (Å²) in [7, 11) is 0. The first-order chi connectivity index (χ1) is 9.10. The maximum atomic E-state index is 5.49. The third-order valence-corrected chi connectivity index (χ3v) is 2.68. The third-order valence-electron chi connectivity index (χ3n) is 2.08. The molecule has 2 heteroatoms. The van der Waals surface area contributed by atoms with E-state index in [0.29, 0.717) is 0 Å². The van der Waals surface area contributed by atoms with E-state index in [-0.39, 0.29) is 0 Å². The first-order valence-corrected chi connectivity index (χ1v) is 7.16. The molecule has 0 saturated heterocycles. The smallest absolute Gasteiger partial charge is 0.137 e. The van der Waals surface area contributed by atoms with Gasteiger partial charge in [0.05, 0.1) is 12.0 Å². The van der Waals surface area contributed by atoms with Crippen LogP contribution in [0.4, 0.5) is 0 Å². The second-order valence-corrected chi connectivity index (χ2v) is 4.88. The van der Waals surface area contributed by atoms with Crippen molar-refractivity contribution in [3.63, 3.8) is 0 Å². The van der Waals surface area contributed by atoms with E-state index < -0.39 is 0 Å². The van der Waals surface area contributed by atoms with Gasteiger partial charge < -0.3 is 4.18 Å². The lowest BCUT2D eigenvalue weighted by Gasteiger charge is -1.99. The van der Waals surface area contributed by atoms with E-state index in [1.54, 1.807) is 6.08 Å². The van der Waals surface area contributed by atoms with E-state index in [2.05, 4.69) is 31.7 Å². The van der Waals surface area contributed by atoms with Crippen molar-refractivity contribution < 1.29 is 4.18 Å². The Morgan fingerprint density at radius 1 is 1.21 bits per heavy atom. The van der Waals surface area contributed by atoms with Crippen LogP contribution >= 0.6 is 12.0 Å². The molecule has 0 aromatic rings. The summed E-state index contributed by atoms with van der Waals surface area (Å²) in [5.74, 6) is 0.761. The van der Waals surface area contributed by atoms with Gasteiger partial charge in [-0.25, -0.2) is 0 Å². The zero-order chi connectivity index (χ0) is 14.5. The van der Waals surface area contributed by atoms with E-state index in [4.69, 9.17) is 4.18 Å². The maximum Gasteiger partial charge on any atom is 0.137 e. The van der Waals surface area contributed by atoms with E-state index in [9.17, 15) is 0 Å². The fourth-order valence-electron chi connectivity index (χ4n) is 1.14. The molecular weight excluding hydrogens is 252 g/mol. The molecule has 0 rings (SSSR count). The van der Waals surface area contributed by atoms with Gasteiger partial charge in [0, 0.05) is 5.41 Å². The monoisotopic (exact) mass is 276 g/mol. The molecule has 0 atom stereocenters. The predicted molar refractivity (Wildman–Crippen MR) is 88.7 cm³/mol.